The van der Waals surface area contributed by atoms with Gasteiger partial charge in [0.1, 0.15) is 0 Å². The summed E-state index contributed by atoms with van der Waals surface area (Å²) in [6, 6.07) is 56.3. The first-order valence-electron chi connectivity index (χ1n) is 20.7. The van der Waals surface area contributed by atoms with Gasteiger partial charge >= 0.3 is 0 Å². The summed E-state index contributed by atoms with van der Waals surface area (Å²) in [5, 5.41) is 2.31. The number of hydrogen-bond acceptors (Lipinski definition) is 4. The van der Waals surface area contributed by atoms with Crippen molar-refractivity contribution in [1.29, 1.82) is 0 Å². The Balaban J connectivity index is 1.21. The molecule has 250 valence electrons. The summed E-state index contributed by atoms with van der Waals surface area (Å²) in [5.74, 6) is 0. The molecule has 0 radical (unpaired) electrons. The molecule has 0 bridgehead atoms. The molecule has 0 spiro atoms. The van der Waals surface area contributed by atoms with E-state index in [-0.39, 0.29) is 13.3 Å². The number of hydrogen-bond donors (Lipinski definition) is 0. The molecule has 8 aromatic rings. The van der Waals surface area contributed by atoms with Crippen molar-refractivity contribution in [2.45, 2.75) is 5.41 Å². The van der Waals surface area contributed by atoms with E-state index in [4.69, 9.17) is 8.22 Å². The predicted octanol–water partition coefficient (Wildman–Crippen LogP) is 10.6. The van der Waals surface area contributed by atoms with Crippen LogP contribution in [0, 0.1) is 0 Å². The first kappa shape index (κ1) is 23.9. The van der Waals surface area contributed by atoms with Gasteiger partial charge < -0.3 is 24.2 Å². The van der Waals surface area contributed by atoms with Crippen LogP contribution in [-0.2, 0) is 5.41 Å². The molecular formula is C47H37N5. The highest BCUT2D eigenvalue weighted by atomic mass is 15.4. The summed E-state index contributed by atoms with van der Waals surface area (Å²) in [4.78, 5) is 7.17. The van der Waals surface area contributed by atoms with Crippen LogP contribution in [0.1, 0.15) is 30.5 Å². The van der Waals surface area contributed by atoms with E-state index in [1.165, 1.54) is 9.80 Å². The van der Waals surface area contributed by atoms with Crippen LogP contribution in [-0.4, -0.2) is 31.9 Å². The fourth-order valence-corrected chi connectivity index (χ4v) is 9.16. The molecule has 3 aliphatic heterocycles. The van der Waals surface area contributed by atoms with Crippen LogP contribution >= 0.6 is 0 Å². The first-order valence-corrected chi connectivity index (χ1v) is 17.7. The second-order valence-electron chi connectivity index (χ2n) is 13.9. The molecule has 1 aromatic heterocycles. The number of nitrogens with zero attached hydrogens (tertiary/aromatic N) is 5. The minimum atomic E-state index is -2.33. The third-order valence-electron chi connectivity index (χ3n) is 11.3. The van der Waals surface area contributed by atoms with Crippen LogP contribution in [0.3, 0.4) is 0 Å². The lowest BCUT2D eigenvalue weighted by atomic mass is 9.63. The van der Waals surface area contributed by atoms with E-state index in [1.807, 2.05) is 54.6 Å². The van der Waals surface area contributed by atoms with Gasteiger partial charge in [0.05, 0.1) is 58.2 Å². The molecular weight excluding hydrogens is 635 g/mol. The fourth-order valence-electron chi connectivity index (χ4n) is 9.16. The maximum Gasteiger partial charge on any atom is 0.0950 e. The summed E-state index contributed by atoms with van der Waals surface area (Å²) in [7, 11) is 0. The Morgan fingerprint density at radius 3 is 1.79 bits per heavy atom. The average molecular weight is 678 g/mol. The monoisotopic (exact) mass is 677 g/mol. The summed E-state index contributed by atoms with van der Waals surface area (Å²) in [5.41, 5.74) is 11.4. The summed E-state index contributed by atoms with van der Waals surface area (Å²) in [6.07, 6.45) is 0. The molecule has 4 heterocycles. The Hall–Kier alpha value is -6.46. The van der Waals surface area contributed by atoms with E-state index >= 15 is 0 Å². The van der Waals surface area contributed by atoms with Crippen LogP contribution in [0.5, 0.6) is 0 Å². The average Bonchev–Trinajstić information content (AvgIpc) is 3.93. The Morgan fingerprint density at radius 1 is 0.462 bits per heavy atom. The maximum atomic E-state index is 8.43. The van der Waals surface area contributed by atoms with Crippen molar-refractivity contribution in [3.05, 3.63) is 186 Å². The highest BCUT2D eigenvalue weighted by Gasteiger charge is 2.46. The Morgan fingerprint density at radius 2 is 1.06 bits per heavy atom. The lowest BCUT2D eigenvalue weighted by Gasteiger charge is -2.42. The van der Waals surface area contributed by atoms with Gasteiger partial charge in [-0.2, -0.15) is 0 Å². The van der Waals surface area contributed by atoms with Crippen LogP contribution in [0.4, 0.5) is 34.1 Å². The molecule has 1 atom stereocenters. The lowest BCUT2D eigenvalue weighted by Crippen LogP contribution is -2.36. The van der Waals surface area contributed by atoms with E-state index < -0.39 is 19.4 Å². The van der Waals surface area contributed by atoms with Gasteiger partial charge in [-0.25, -0.2) is 0 Å². The number of para-hydroxylation sites is 6. The normalized spacial score (nSPS) is 19.4. The quantitative estimate of drug-likeness (QED) is 0.184. The molecule has 5 heteroatoms. The van der Waals surface area contributed by atoms with E-state index in [1.54, 1.807) is 0 Å². The van der Waals surface area contributed by atoms with Crippen LogP contribution in [0.2, 0.25) is 0 Å². The molecule has 0 saturated heterocycles. The van der Waals surface area contributed by atoms with Crippen molar-refractivity contribution in [2.24, 2.45) is 0 Å². The van der Waals surface area contributed by atoms with E-state index in [0.717, 1.165) is 72.5 Å². The molecule has 0 saturated carbocycles. The van der Waals surface area contributed by atoms with Gasteiger partial charge in [-0.15, -0.1) is 0 Å². The van der Waals surface area contributed by atoms with Crippen LogP contribution < -0.4 is 19.6 Å². The van der Waals surface area contributed by atoms with Crippen molar-refractivity contribution < 1.29 is 8.22 Å². The van der Waals surface area contributed by atoms with Gasteiger partial charge in [0, 0.05) is 44.3 Å². The zero-order valence-corrected chi connectivity index (χ0v) is 28.2. The SMILES string of the molecule is [2H]C([2H])([2H])N1CN(c2cccc(C3(c4ccccc4)c4cc(N5CN(C([2H])([2H])[2H])c6ccccc65)ccc4-n4c5ccccc5c5cccc3c54)c2)c2ccccc21. The molecule has 0 fully saturated rings. The van der Waals surface area contributed by atoms with Crippen LogP contribution in [0.15, 0.2) is 164 Å². The predicted molar refractivity (Wildman–Crippen MR) is 216 cm³/mol. The van der Waals surface area contributed by atoms with Gasteiger partial charge in [0.2, 0.25) is 0 Å². The highest BCUT2D eigenvalue weighted by Crippen LogP contribution is 2.56. The molecule has 3 aliphatic rings. The largest absolute Gasteiger partial charge is 0.355 e. The zero-order chi connectivity index (χ0) is 39.6. The van der Waals surface area contributed by atoms with Gasteiger partial charge in [0.15, 0.2) is 0 Å². The van der Waals surface area contributed by atoms with Gasteiger partial charge in [-0.05, 0) is 82.9 Å². The number of benzene rings is 7. The molecule has 11 rings (SSSR count). The molecule has 1 unspecified atom stereocenters. The lowest BCUT2D eigenvalue weighted by molar-refractivity contribution is 0.726. The molecule has 0 aliphatic carbocycles. The van der Waals surface area contributed by atoms with Crippen molar-refractivity contribution in [1.82, 2.24) is 4.57 Å². The standard InChI is InChI=1S/C47H37N5/c1-48-30-50(44-24-10-8-22-42(44)48)34-17-12-16-33(28-34)47(32-14-4-3-5-15-32)38-20-13-19-37-36-18-6-7-21-40(36)52(46(37)38)41-27-26-35(29-39(41)47)51-31-49(2)43-23-9-11-25-45(43)51/h3-29H,30-31H2,1-2H3/i1D3,2D3. The summed E-state index contributed by atoms with van der Waals surface area (Å²) in [6.45, 7) is -4.30. The van der Waals surface area contributed by atoms with Crippen molar-refractivity contribution in [2.75, 3.05) is 46.9 Å². The highest BCUT2D eigenvalue weighted by molar-refractivity contribution is 6.12. The Bertz CT molecular complexity index is 2940. The Kier molecular flexibility index (Phi) is 4.94. The van der Waals surface area contributed by atoms with E-state index in [9.17, 15) is 0 Å². The number of rotatable bonds is 4. The molecule has 7 aromatic carbocycles. The second kappa shape index (κ2) is 10.8. The van der Waals surface area contributed by atoms with Crippen LogP contribution in [0.25, 0.3) is 27.5 Å². The third kappa shape index (κ3) is 3.82. The van der Waals surface area contributed by atoms with Crippen molar-refractivity contribution in [3.8, 4) is 5.69 Å². The van der Waals surface area contributed by atoms with Gasteiger partial charge in [-0.1, -0.05) is 103 Å². The summed E-state index contributed by atoms with van der Waals surface area (Å²) >= 11 is 0. The molecule has 0 N–H and O–H groups in total. The molecule has 0 amide bonds. The third-order valence-corrected chi connectivity index (χ3v) is 11.3. The summed E-state index contributed by atoms with van der Waals surface area (Å²) < 4.78 is 52.9. The number of aromatic nitrogens is 1. The smallest absolute Gasteiger partial charge is 0.0950 e. The number of fused-ring (bicyclic) bond motifs is 7. The zero-order valence-electron chi connectivity index (χ0n) is 34.2. The topological polar surface area (TPSA) is 17.9 Å². The molecule has 52 heavy (non-hydrogen) atoms. The van der Waals surface area contributed by atoms with E-state index in [0.29, 0.717) is 11.4 Å². The minimum absolute atomic E-state index is 0.171. The van der Waals surface area contributed by atoms with Gasteiger partial charge in [0.25, 0.3) is 0 Å². The van der Waals surface area contributed by atoms with Crippen molar-refractivity contribution in [3.63, 3.8) is 0 Å². The fraction of sp³-hybridized carbons (Fsp3) is 0.106. The minimum Gasteiger partial charge on any atom is -0.355 e. The second-order valence-corrected chi connectivity index (χ2v) is 13.9. The first-order chi connectivity index (χ1) is 28.0. The van der Waals surface area contributed by atoms with Crippen molar-refractivity contribution >= 4 is 55.9 Å². The van der Waals surface area contributed by atoms with Gasteiger partial charge in [-0.3, -0.25) is 0 Å². The van der Waals surface area contributed by atoms with E-state index in [2.05, 4.69) is 124 Å². The number of anilines is 6. The Labute approximate surface area is 312 Å². The molecule has 5 nitrogen and oxygen atoms in total. The maximum absolute atomic E-state index is 8.43.